The predicted molar refractivity (Wildman–Crippen MR) is 87.0 cm³/mol. The Hall–Kier alpha value is -2.73. The van der Waals surface area contributed by atoms with E-state index in [9.17, 15) is 4.39 Å². The molecule has 5 nitrogen and oxygen atoms in total. The van der Waals surface area contributed by atoms with Crippen molar-refractivity contribution in [2.45, 2.75) is 6.10 Å². The summed E-state index contributed by atoms with van der Waals surface area (Å²) in [6.45, 7) is 1.81. The monoisotopic (exact) mass is 325 g/mol. The lowest BCUT2D eigenvalue weighted by atomic mass is 10.1. The highest BCUT2D eigenvalue weighted by atomic mass is 19.1. The minimum absolute atomic E-state index is 0.147. The Labute approximate surface area is 138 Å². The fourth-order valence-corrected chi connectivity index (χ4v) is 2.75. The van der Waals surface area contributed by atoms with Crippen LogP contribution in [0.1, 0.15) is 11.7 Å². The van der Waals surface area contributed by atoms with Crippen LogP contribution >= 0.6 is 0 Å². The lowest BCUT2D eigenvalue weighted by Crippen LogP contribution is -2.38. The van der Waals surface area contributed by atoms with Crippen LogP contribution in [0.2, 0.25) is 0 Å². The van der Waals surface area contributed by atoms with Gasteiger partial charge in [0, 0.05) is 12.1 Å². The highest BCUT2D eigenvalue weighted by Gasteiger charge is 2.25. The van der Waals surface area contributed by atoms with E-state index in [0.717, 1.165) is 11.1 Å². The van der Waals surface area contributed by atoms with Crippen LogP contribution in [0.5, 0.6) is 0 Å². The van der Waals surface area contributed by atoms with E-state index in [4.69, 9.17) is 9.26 Å². The number of benzene rings is 2. The number of hydrogen-bond donors (Lipinski definition) is 0. The van der Waals surface area contributed by atoms with E-state index in [2.05, 4.69) is 10.1 Å². The summed E-state index contributed by atoms with van der Waals surface area (Å²) < 4.78 is 24.3. The zero-order chi connectivity index (χ0) is 16.4. The van der Waals surface area contributed by atoms with Crippen LogP contribution < -0.4 is 4.90 Å². The maximum Gasteiger partial charge on any atom is 0.324 e. The first-order valence-corrected chi connectivity index (χ1v) is 7.81. The summed E-state index contributed by atoms with van der Waals surface area (Å²) in [5.41, 5.74) is 1.85. The molecule has 0 N–H and O–H groups in total. The van der Waals surface area contributed by atoms with E-state index in [1.165, 1.54) is 12.1 Å². The molecule has 0 spiro atoms. The van der Waals surface area contributed by atoms with Gasteiger partial charge in [-0.1, -0.05) is 47.6 Å². The zero-order valence-electron chi connectivity index (χ0n) is 12.9. The van der Waals surface area contributed by atoms with Crippen molar-refractivity contribution < 1.29 is 13.7 Å². The molecular formula is C18H16FN3O2. The Bertz CT molecular complexity index is 805. The van der Waals surface area contributed by atoms with Crippen molar-refractivity contribution >= 4 is 6.01 Å². The molecule has 1 fully saturated rings. The highest BCUT2D eigenvalue weighted by molar-refractivity contribution is 5.55. The summed E-state index contributed by atoms with van der Waals surface area (Å²) in [7, 11) is 0. The zero-order valence-corrected chi connectivity index (χ0v) is 12.9. The molecule has 1 atom stereocenters. The van der Waals surface area contributed by atoms with Crippen molar-refractivity contribution in [2.75, 3.05) is 24.6 Å². The molecule has 0 unspecified atom stereocenters. The molecule has 1 aliphatic rings. The van der Waals surface area contributed by atoms with Gasteiger partial charge in [0.25, 0.3) is 0 Å². The molecule has 2 aromatic carbocycles. The molecule has 6 heteroatoms. The summed E-state index contributed by atoms with van der Waals surface area (Å²) in [6.07, 6.45) is -0.147. The summed E-state index contributed by atoms with van der Waals surface area (Å²) in [4.78, 5) is 6.48. The molecule has 4 rings (SSSR count). The fraction of sp³-hybridized carbons (Fsp3) is 0.222. The van der Waals surface area contributed by atoms with Crippen LogP contribution in [-0.4, -0.2) is 29.8 Å². The first-order chi connectivity index (χ1) is 11.8. The maximum absolute atomic E-state index is 13.1. The van der Waals surface area contributed by atoms with Crippen molar-refractivity contribution in [1.82, 2.24) is 10.1 Å². The smallest absolute Gasteiger partial charge is 0.324 e. The van der Waals surface area contributed by atoms with E-state index in [1.807, 2.05) is 35.2 Å². The average molecular weight is 325 g/mol. The first kappa shape index (κ1) is 14.8. The minimum Gasteiger partial charge on any atom is -0.370 e. The third-order valence-electron chi connectivity index (χ3n) is 4.03. The highest BCUT2D eigenvalue weighted by Crippen LogP contribution is 2.26. The summed E-state index contributed by atoms with van der Waals surface area (Å²) >= 11 is 0. The number of halogens is 1. The summed E-state index contributed by atoms with van der Waals surface area (Å²) in [5.74, 6) is 0.311. The lowest BCUT2D eigenvalue weighted by molar-refractivity contribution is 0.0376. The van der Waals surface area contributed by atoms with Gasteiger partial charge < -0.3 is 14.2 Å². The number of aromatic nitrogens is 2. The Morgan fingerprint density at radius 1 is 1.04 bits per heavy atom. The van der Waals surface area contributed by atoms with E-state index < -0.39 is 0 Å². The van der Waals surface area contributed by atoms with Crippen LogP contribution in [0.3, 0.4) is 0 Å². The standard InChI is InChI=1S/C18H16FN3O2/c19-15-8-6-13(7-9-15)16-12-22(10-11-23-16)18-20-17(21-24-18)14-4-2-1-3-5-14/h1-9,16H,10-12H2/t16-/m1/s1. The van der Waals surface area contributed by atoms with Crippen molar-refractivity contribution in [1.29, 1.82) is 0 Å². The molecule has 0 radical (unpaired) electrons. The lowest BCUT2D eigenvalue weighted by Gasteiger charge is -2.31. The largest absolute Gasteiger partial charge is 0.370 e. The van der Waals surface area contributed by atoms with Crippen LogP contribution in [-0.2, 0) is 4.74 Å². The maximum atomic E-state index is 13.1. The van der Waals surface area contributed by atoms with Gasteiger partial charge in [-0.3, -0.25) is 0 Å². The predicted octanol–water partition coefficient (Wildman–Crippen LogP) is 3.45. The number of rotatable bonds is 3. The molecule has 3 aromatic rings. The fourth-order valence-electron chi connectivity index (χ4n) is 2.75. The van der Waals surface area contributed by atoms with Crippen LogP contribution in [0.4, 0.5) is 10.4 Å². The third-order valence-corrected chi connectivity index (χ3v) is 4.03. The van der Waals surface area contributed by atoms with Crippen molar-refractivity contribution in [3.8, 4) is 11.4 Å². The van der Waals surface area contributed by atoms with E-state index >= 15 is 0 Å². The topological polar surface area (TPSA) is 51.4 Å². The number of nitrogens with zero attached hydrogens (tertiary/aromatic N) is 3. The first-order valence-electron chi connectivity index (χ1n) is 7.81. The van der Waals surface area contributed by atoms with Gasteiger partial charge in [-0.15, -0.1) is 0 Å². The molecule has 0 saturated carbocycles. The Kier molecular flexibility index (Phi) is 3.96. The van der Waals surface area contributed by atoms with Crippen molar-refractivity contribution in [3.63, 3.8) is 0 Å². The Morgan fingerprint density at radius 3 is 2.62 bits per heavy atom. The van der Waals surface area contributed by atoms with Gasteiger partial charge in [0.15, 0.2) is 0 Å². The molecule has 1 aromatic heterocycles. The van der Waals surface area contributed by atoms with Gasteiger partial charge in [-0.25, -0.2) is 4.39 Å². The van der Waals surface area contributed by atoms with Gasteiger partial charge >= 0.3 is 6.01 Å². The number of hydrogen-bond acceptors (Lipinski definition) is 5. The van der Waals surface area contributed by atoms with Gasteiger partial charge in [0.05, 0.1) is 13.2 Å². The van der Waals surface area contributed by atoms with Crippen LogP contribution in [0.15, 0.2) is 59.1 Å². The molecule has 0 bridgehead atoms. The van der Waals surface area contributed by atoms with Gasteiger partial charge in [0.1, 0.15) is 11.9 Å². The van der Waals surface area contributed by atoms with Gasteiger partial charge in [0.2, 0.25) is 5.82 Å². The van der Waals surface area contributed by atoms with Crippen molar-refractivity contribution in [3.05, 3.63) is 66.0 Å². The quantitative estimate of drug-likeness (QED) is 0.738. The minimum atomic E-state index is -0.254. The average Bonchev–Trinajstić information content (AvgIpc) is 3.13. The second-order valence-corrected chi connectivity index (χ2v) is 5.62. The second-order valence-electron chi connectivity index (χ2n) is 5.62. The molecule has 122 valence electrons. The van der Waals surface area contributed by atoms with Crippen LogP contribution in [0, 0.1) is 5.82 Å². The normalized spacial score (nSPS) is 17.9. The van der Waals surface area contributed by atoms with E-state index in [0.29, 0.717) is 31.5 Å². The molecule has 2 heterocycles. The molecule has 0 aliphatic carbocycles. The van der Waals surface area contributed by atoms with Crippen LogP contribution in [0.25, 0.3) is 11.4 Å². The number of anilines is 1. The molecule has 1 saturated heterocycles. The summed E-state index contributed by atoms with van der Waals surface area (Å²) in [6, 6.07) is 16.5. The van der Waals surface area contributed by atoms with Gasteiger partial charge in [-0.2, -0.15) is 4.98 Å². The van der Waals surface area contributed by atoms with Gasteiger partial charge in [-0.05, 0) is 17.7 Å². The number of morpholine rings is 1. The van der Waals surface area contributed by atoms with E-state index in [-0.39, 0.29) is 11.9 Å². The Morgan fingerprint density at radius 2 is 1.83 bits per heavy atom. The SMILES string of the molecule is Fc1ccc([C@H]2CN(c3nc(-c4ccccc4)no3)CCO2)cc1. The van der Waals surface area contributed by atoms with E-state index in [1.54, 1.807) is 12.1 Å². The molecular weight excluding hydrogens is 309 g/mol. The molecule has 1 aliphatic heterocycles. The third kappa shape index (κ3) is 3.00. The number of ether oxygens (including phenoxy) is 1. The summed E-state index contributed by atoms with van der Waals surface area (Å²) in [5, 5.41) is 4.05. The molecule has 24 heavy (non-hydrogen) atoms. The Balaban J connectivity index is 1.52. The second kappa shape index (κ2) is 6.41. The molecule has 0 amide bonds. The van der Waals surface area contributed by atoms with Crippen molar-refractivity contribution in [2.24, 2.45) is 0 Å².